The highest BCUT2D eigenvalue weighted by Crippen LogP contribution is 2.41. The van der Waals surface area contributed by atoms with Crippen LogP contribution >= 0.6 is 0 Å². The Bertz CT molecular complexity index is 981. The Balaban J connectivity index is 1.57. The lowest BCUT2D eigenvalue weighted by atomic mass is 9.76. The molecule has 1 fully saturated rings. The molecule has 1 aliphatic rings. The second-order valence-electron chi connectivity index (χ2n) is 11.1. The molecule has 0 unspecified atom stereocenters. The van der Waals surface area contributed by atoms with E-state index in [1.807, 2.05) is 0 Å². The molecule has 3 rings (SSSR count). The Labute approximate surface area is 227 Å². The zero-order chi connectivity index (χ0) is 27.3. The molecule has 2 aromatic rings. The Hall–Kier alpha value is -2.04. The smallest absolute Gasteiger partial charge is 0.201 e. The Morgan fingerprint density at radius 2 is 1.16 bits per heavy atom. The maximum atomic E-state index is 15.2. The van der Waals surface area contributed by atoms with Gasteiger partial charge in [0.1, 0.15) is 0 Å². The fraction of sp³-hybridized carbons (Fsp3) is 0.636. The van der Waals surface area contributed by atoms with E-state index in [2.05, 4.69) is 13.8 Å². The van der Waals surface area contributed by atoms with E-state index in [9.17, 15) is 8.78 Å². The monoisotopic (exact) mass is 534 g/mol. The first-order chi connectivity index (χ1) is 18.5. The lowest BCUT2D eigenvalue weighted by molar-refractivity contribution is 0.285. The third kappa shape index (κ3) is 8.48. The van der Waals surface area contributed by atoms with Gasteiger partial charge in [0.2, 0.25) is 5.82 Å². The Kier molecular flexibility index (Phi) is 13.0. The van der Waals surface area contributed by atoms with Gasteiger partial charge in [0.05, 0.1) is 6.61 Å². The van der Waals surface area contributed by atoms with Gasteiger partial charge in [-0.25, -0.2) is 13.2 Å². The SMILES string of the molecule is CCCCCCCCC1CCC(c2ccc(-c3ccc(OCCCCCCC)c(F)c3F)c(F)c2F)CC1. The molecule has 1 saturated carbocycles. The van der Waals surface area contributed by atoms with Gasteiger partial charge in [-0.2, -0.15) is 4.39 Å². The second kappa shape index (κ2) is 16.2. The Morgan fingerprint density at radius 3 is 1.82 bits per heavy atom. The van der Waals surface area contributed by atoms with Crippen molar-refractivity contribution in [2.24, 2.45) is 5.92 Å². The van der Waals surface area contributed by atoms with Gasteiger partial charge in [-0.05, 0) is 61.6 Å². The van der Waals surface area contributed by atoms with Crippen LogP contribution in [0, 0.1) is 29.2 Å². The van der Waals surface area contributed by atoms with Crippen LogP contribution in [0.4, 0.5) is 17.6 Å². The van der Waals surface area contributed by atoms with E-state index in [4.69, 9.17) is 4.74 Å². The van der Waals surface area contributed by atoms with Gasteiger partial charge in [-0.3, -0.25) is 0 Å². The van der Waals surface area contributed by atoms with Gasteiger partial charge < -0.3 is 4.74 Å². The molecule has 0 radical (unpaired) electrons. The van der Waals surface area contributed by atoms with Crippen molar-refractivity contribution in [1.82, 2.24) is 0 Å². The summed E-state index contributed by atoms with van der Waals surface area (Å²) in [6, 6.07) is 5.53. The quantitative estimate of drug-likeness (QED) is 0.154. The third-order valence-electron chi connectivity index (χ3n) is 8.21. The third-order valence-corrected chi connectivity index (χ3v) is 8.21. The topological polar surface area (TPSA) is 9.23 Å². The van der Waals surface area contributed by atoms with Gasteiger partial charge in [0.15, 0.2) is 23.2 Å². The molecular weight excluding hydrogens is 488 g/mol. The maximum Gasteiger partial charge on any atom is 0.201 e. The van der Waals surface area contributed by atoms with Crippen LogP contribution in [-0.2, 0) is 0 Å². The molecule has 0 N–H and O–H groups in total. The minimum absolute atomic E-state index is 0.0333. The largest absolute Gasteiger partial charge is 0.490 e. The van der Waals surface area contributed by atoms with Crippen molar-refractivity contribution in [1.29, 1.82) is 0 Å². The molecule has 0 bridgehead atoms. The van der Waals surface area contributed by atoms with E-state index in [0.717, 1.165) is 57.8 Å². The van der Waals surface area contributed by atoms with Crippen LogP contribution in [-0.4, -0.2) is 6.61 Å². The first-order valence-electron chi connectivity index (χ1n) is 15.1. The van der Waals surface area contributed by atoms with E-state index in [-0.39, 0.29) is 29.4 Å². The van der Waals surface area contributed by atoms with Crippen molar-refractivity contribution < 1.29 is 22.3 Å². The van der Waals surface area contributed by atoms with Crippen LogP contribution in [0.3, 0.4) is 0 Å². The van der Waals surface area contributed by atoms with Crippen LogP contribution in [0.5, 0.6) is 5.75 Å². The summed E-state index contributed by atoms with van der Waals surface area (Å²) in [6.07, 6.45) is 17.7. The number of halogens is 4. The molecule has 0 heterocycles. The maximum absolute atomic E-state index is 15.2. The zero-order valence-corrected chi connectivity index (χ0v) is 23.4. The summed E-state index contributed by atoms with van der Waals surface area (Å²) < 4.78 is 65.3. The predicted octanol–water partition coefficient (Wildman–Crippen LogP) is 11.3. The minimum atomic E-state index is -1.21. The fourth-order valence-electron chi connectivity index (χ4n) is 5.80. The molecule has 0 saturated heterocycles. The van der Waals surface area contributed by atoms with Crippen molar-refractivity contribution in [2.75, 3.05) is 6.61 Å². The lowest BCUT2D eigenvalue weighted by Crippen LogP contribution is -2.15. The van der Waals surface area contributed by atoms with Crippen molar-refractivity contribution in [2.45, 2.75) is 122 Å². The molecule has 2 aromatic carbocycles. The van der Waals surface area contributed by atoms with Crippen LogP contribution in [0.1, 0.15) is 128 Å². The van der Waals surface area contributed by atoms with Crippen LogP contribution in [0.2, 0.25) is 0 Å². The number of hydrogen-bond donors (Lipinski definition) is 0. The molecule has 0 aromatic heterocycles. The number of ether oxygens (including phenoxy) is 1. The fourth-order valence-corrected chi connectivity index (χ4v) is 5.80. The highest BCUT2D eigenvalue weighted by atomic mass is 19.2. The first-order valence-corrected chi connectivity index (χ1v) is 15.1. The van der Waals surface area contributed by atoms with Gasteiger partial charge in [0, 0.05) is 11.1 Å². The standard InChI is InChI=1S/C33H46F4O/c1-3-5-7-9-10-12-14-24-15-17-25(18-16-24)26-19-20-27(31(35)30(26)34)28-21-22-29(33(37)32(28)36)38-23-13-11-8-6-4-2/h19-22,24-25H,3-18,23H2,1-2H3. The normalized spacial score (nSPS) is 17.6. The van der Waals surface area contributed by atoms with Crippen molar-refractivity contribution >= 4 is 0 Å². The summed E-state index contributed by atoms with van der Waals surface area (Å²) in [5.74, 6) is -3.99. The van der Waals surface area contributed by atoms with E-state index in [1.54, 1.807) is 6.07 Å². The van der Waals surface area contributed by atoms with Gasteiger partial charge >= 0.3 is 0 Å². The average Bonchev–Trinajstić information content (AvgIpc) is 2.93. The lowest BCUT2D eigenvalue weighted by Gasteiger charge is -2.29. The van der Waals surface area contributed by atoms with Crippen molar-refractivity contribution in [3.05, 3.63) is 53.1 Å². The molecule has 5 heteroatoms. The average molecular weight is 535 g/mol. The van der Waals surface area contributed by atoms with E-state index in [1.165, 1.54) is 63.1 Å². The summed E-state index contributed by atoms with van der Waals surface area (Å²) in [5, 5.41) is 0. The minimum Gasteiger partial charge on any atom is -0.490 e. The van der Waals surface area contributed by atoms with E-state index >= 15 is 8.78 Å². The molecule has 38 heavy (non-hydrogen) atoms. The summed E-state index contributed by atoms with van der Waals surface area (Å²) in [6.45, 7) is 4.64. The van der Waals surface area contributed by atoms with Crippen molar-refractivity contribution in [3.8, 4) is 16.9 Å². The summed E-state index contributed by atoms with van der Waals surface area (Å²) >= 11 is 0. The molecule has 212 valence electrons. The number of hydrogen-bond acceptors (Lipinski definition) is 1. The van der Waals surface area contributed by atoms with Gasteiger partial charge in [-0.1, -0.05) is 96.6 Å². The molecule has 0 amide bonds. The second-order valence-corrected chi connectivity index (χ2v) is 11.1. The molecular formula is C33H46F4O. The Morgan fingerprint density at radius 1 is 0.605 bits per heavy atom. The molecule has 1 aliphatic carbocycles. The summed E-state index contributed by atoms with van der Waals surface area (Å²) in [5.41, 5.74) is -0.193. The summed E-state index contributed by atoms with van der Waals surface area (Å²) in [7, 11) is 0. The molecule has 0 spiro atoms. The first kappa shape index (κ1) is 30.5. The number of unbranched alkanes of at least 4 members (excludes halogenated alkanes) is 9. The molecule has 1 nitrogen and oxygen atoms in total. The molecule has 0 aliphatic heterocycles. The summed E-state index contributed by atoms with van der Waals surface area (Å²) in [4.78, 5) is 0. The van der Waals surface area contributed by atoms with Gasteiger partial charge in [-0.15, -0.1) is 0 Å². The van der Waals surface area contributed by atoms with E-state index < -0.39 is 23.3 Å². The highest BCUT2D eigenvalue weighted by molar-refractivity contribution is 5.66. The van der Waals surface area contributed by atoms with Gasteiger partial charge in [0.25, 0.3) is 0 Å². The number of benzene rings is 2. The van der Waals surface area contributed by atoms with Crippen LogP contribution in [0.25, 0.3) is 11.1 Å². The molecule has 0 atom stereocenters. The van der Waals surface area contributed by atoms with E-state index in [0.29, 0.717) is 11.5 Å². The van der Waals surface area contributed by atoms with Crippen LogP contribution in [0.15, 0.2) is 24.3 Å². The van der Waals surface area contributed by atoms with Crippen LogP contribution < -0.4 is 4.74 Å². The number of rotatable bonds is 16. The van der Waals surface area contributed by atoms with Crippen molar-refractivity contribution in [3.63, 3.8) is 0 Å². The highest BCUT2D eigenvalue weighted by Gasteiger charge is 2.27. The predicted molar refractivity (Wildman–Crippen MR) is 149 cm³/mol. The zero-order valence-electron chi connectivity index (χ0n) is 23.4.